The van der Waals surface area contributed by atoms with Crippen LogP contribution in [0.25, 0.3) is 0 Å². The molecular weight excluding hydrogens is 228 g/mol. The number of ether oxygens (including phenoxy) is 3. The van der Waals surface area contributed by atoms with E-state index >= 15 is 0 Å². The summed E-state index contributed by atoms with van der Waals surface area (Å²) in [5, 5.41) is 0. The molecule has 0 heterocycles. The number of carbonyl (C=O) groups is 3. The summed E-state index contributed by atoms with van der Waals surface area (Å²) in [6, 6.07) is 0. The van der Waals surface area contributed by atoms with E-state index in [4.69, 9.17) is 0 Å². The molecule has 0 spiro atoms. The first kappa shape index (κ1) is 15.4. The lowest BCUT2D eigenvalue weighted by atomic mass is 9.98. The normalized spacial score (nSPS) is 11.5. The van der Waals surface area contributed by atoms with Crippen LogP contribution in [0, 0.1) is 5.92 Å². The van der Waals surface area contributed by atoms with E-state index in [1.807, 2.05) is 0 Å². The van der Waals surface area contributed by atoms with Crippen molar-refractivity contribution in [3.63, 3.8) is 0 Å². The maximum atomic E-state index is 11.4. The van der Waals surface area contributed by atoms with E-state index < -0.39 is 17.9 Å². The molecule has 0 amide bonds. The van der Waals surface area contributed by atoms with E-state index in [1.165, 1.54) is 21.3 Å². The van der Waals surface area contributed by atoms with Crippen molar-refractivity contribution < 1.29 is 28.6 Å². The Morgan fingerprint density at radius 1 is 0.941 bits per heavy atom. The van der Waals surface area contributed by atoms with Gasteiger partial charge in [0.1, 0.15) is 0 Å². The Labute approximate surface area is 100 Å². The minimum atomic E-state index is -0.572. The Kier molecular flexibility index (Phi) is 7.75. The van der Waals surface area contributed by atoms with Gasteiger partial charge in [0.25, 0.3) is 0 Å². The van der Waals surface area contributed by atoms with Crippen LogP contribution in [0.4, 0.5) is 0 Å². The van der Waals surface area contributed by atoms with Crippen molar-refractivity contribution in [2.24, 2.45) is 5.92 Å². The quantitative estimate of drug-likeness (QED) is 0.485. The molecule has 1 atom stereocenters. The highest BCUT2D eigenvalue weighted by Gasteiger charge is 2.23. The molecule has 6 heteroatoms. The molecule has 0 aromatic carbocycles. The van der Waals surface area contributed by atoms with Crippen LogP contribution in [0.15, 0.2) is 0 Å². The highest BCUT2D eigenvalue weighted by molar-refractivity contribution is 5.79. The van der Waals surface area contributed by atoms with Crippen LogP contribution in [0.2, 0.25) is 0 Å². The molecule has 0 radical (unpaired) electrons. The van der Waals surface area contributed by atoms with Crippen molar-refractivity contribution in [1.29, 1.82) is 0 Å². The van der Waals surface area contributed by atoms with E-state index in [0.29, 0.717) is 12.8 Å². The molecule has 0 aliphatic rings. The van der Waals surface area contributed by atoms with Crippen LogP contribution >= 0.6 is 0 Å². The summed E-state index contributed by atoms with van der Waals surface area (Å²) >= 11 is 0. The van der Waals surface area contributed by atoms with Gasteiger partial charge in [-0.3, -0.25) is 14.4 Å². The zero-order valence-corrected chi connectivity index (χ0v) is 10.4. The maximum absolute atomic E-state index is 11.4. The first-order chi connectivity index (χ1) is 8.04. The Balaban J connectivity index is 4.15. The zero-order valence-electron chi connectivity index (χ0n) is 10.4. The molecular formula is C11H18O6. The molecule has 6 nitrogen and oxygen atoms in total. The van der Waals surface area contributed by atoms with Crippen molar-refractivity contribution >= 4 is 17.9 Å². The Morgan fingerprint density at radius 3 is 2.00 bits per heavy atom. The zero-order chi connectivity index (χ0) is 13.3. The average Bonchev–Trinajstić information content (AvgIpc) is 2.35. The predicted molar refractivity (Wildman–Crippen MR) is 58.0 cm³/mol. The Bertz CT molecular complexity index is 273. The molecule has 17 heavy (non-hydrogen) atoms. The van der Waals surface area contributed by atoms with Crippen LogP contribution in [0.5, 0.6) is 0 Å². The number of rotatable bonds is 7. The third-order valence-electron chi connectivity index (χ3n) is 2.34. The van der Waals surface area contributed by atoms with E-state index in [2.05, 4.69) is 14.2 Å². The molecule has 0 saturated heterocycles. The first-order valence-corrected chi connectivity index (χ1v) is 5.26. The fourth-order valence-corrected chi connectivity index (χ4v) is 1.35. The average molecular weight is 246 g/mol. The van der Waals surface area contributed by atoms with Crippen LogP contribution in [0.1, 0.15) is 25.7 Å². The molecule has 0 N–H and O–H groups in total. The van der Waals surface area contributed by atoms with E-state index in [0.717, 1.165) is 0 Å². The van der Waals surface area contributed by atoms with E-state index in [9.17, 15) is 14.4 Å². The summed E-state index contributed by atoms with van der Waals surface area (Å²) in [7, 11) is 3.81. The Hall–Kier alpha value is -1.59. The van der Waals surface area contributed by atoms with Gasteiger partial charge < -0.3 is 14.2 Å². The predicted octanol–water partition coefficient (Wildman–Crippen LogP) is 0.682. The molecule has 0 aliphatic heterocycles. The standard InChI is InChI=1S/C11H18O6/c1-15-9(12)6-4-5-8(11(14)17-3)7-10(13)16-2/h8H,4-7H2,1-3H3. The lowest BCUT2D eigenvalue weighted by Crippen LogP contribution is -2.21. The molecule has 98 valence electrons. The monoisotopic (exact) mass is 246 g/mol. The number of methoxy groups -OCH3 is 3. The second kappa shape index (κ2) is 8.55. The summed E-state index contributed by atoms with van der Waals surface area (Å²) in [6.45, 7) is 0. The lowest BCUT2D eigenvalue weighted by molar-refractivity contribution is -0.152. The van der Waals surface area contributed by atoms with Gasteiger partial charge in [-0.25, -0.2) is 0 Å². The van der Waals surface area contributed by atoms with Gasteiger partial charge in [-0.1, -0.05) is 0 Å². The summed E-state index contributed by atoms with van der Waals surface area (Å²) in [5.74, 6) is -1.86. The molecule has 1 unspecified atom stereocenters. The highest BCUT2D eigenvalue weighted by atomic mass is 16.5. The SMILES string of the molecule is COC(=O)CCCC(CC(=O)OC)C(=O)OC. The third kappa shape index (κ3) is 6.55. The summed E-state index contributed by atoms with van der Waals surface area (Å²) < 4.78 is 13.5. The minimum absolute atomic E-state index is 0.0374. The molecule has 0 saturated carbocycles. The number of hydrogen-bond donors (Lipinski definition) is 0. The number of hydrogen-bond acceptors (Lipinski definition) is 6. The molecule has 0 aliphatic carbocycles. The van der Waals surface area contributed by atoms with Gasteiger partial charge in [-0.05, 0) is 12.8 Å². The van der Waals surface area contributed by atoms with Crippen molar-refractivity contribution in [2.75, 3.05) is 21.3 Å². The second-order valence-corrected chi connectivity index (χ2v) is 3.47. The maximum Gasteiger partial charge on any atom is 0.309 e. The summed E-state index contributed by atoms with van der Waals surface area (Å²) in [5.41, 5.74) is 0. The van der Waals surface area contributed by atoms with E-state index in [-0.39, 0.29) is 18.8 Å². The van der Waals surface area contributed by atoms with Gasteiger partial charge in [-0.2, -0.15) is 0 Å². The van der Waals surface area contributed by atoms with Gasteiger partial charge in [0, 0.05) is 6.42 Å². The van der Waals surface area contributed by atoms with Crippen LogP contribution in [-0.2, 0) is 28.6 Å². The summed E-state index contributed by atoms with van der Waals surface area (Å²) in [6.07, 6.45) is 1.02. The fourth-order valence-electron chi connectivity index (χ4n) is 1.35. The van der Waals surface area contributed by atoms with Crippen LogP contribution < -0.4 is 0 Å². The number of carbonyl (C=O) groups excluding carboxylic acids is 3. The molecule has 0 aromatic heterocycles. The van der Waals surface area contributed by atoms with Crippen molar-refractivity contribution in [2.45, 2.75) is 25.7 Å². The van der Waals surface area contributed by atoms with Gasteiger partial charge >= 0.3 is 17.9 Å². The van der Waals surface area contributed by atoms with Crippen LogP contribution in [0.3, 0.4) is 0 Å². The Morgan fingerprint density at radius 2 is 1.53 bits per heavy atom. The van der Waals surface area contributed by atoms with Crippen molar-refractivity contribution in [3.8, 4) is 0 Å². The fraction of sp³-hybridized carbons (Fsp3) is 0.727. The largest absolute Gasteiger partial charge is 0.469 e. The first-order valence-electron chi connectivity index (χ1n) is 5.26. The third-order valence-corrected chi connectivity index (χ3v) is 2.34. The molecule has 0 rings (SSSR count). The second-order valence-electron chi connectivity index (χ2n) is 3.47. The van der Waals surface area contributed by atoms with Crippen LogP contribution in [-0.4, -0.2) is 39.2 Å². The van der Waals surface area contributed by atoms with Gasteiger partial charge in [0.2, 0.25) is 0 Å². The van der Waals surface area contributed by atoms with Crippen molar-refractivity contribution in [3.05, 3.63) is 0 Å². The van der Waals surface area contributed by atoms with Gasteiger partial charge in [0.15, 0.2) is 0 Å². The number of esters is 3. The minimum Gasteiger partial charge on any atom is -0.469 e. The lowest BCUT2D eigenvalue weighted by Gasteiger charge is -2.12. The molecule has 0 aromatic rings. The highest BCUT2D eigenvalue weighted by Crippen LogP contribution is 2.15. The van der Waals surface area contributed by atoms with Crippen molar-refractivity contribution in [1.82, 2.24) is 0 Å². The smallest absolute Gasteiger partial charge is 0.309 e. The van der Waals surface area contributed by atoms with Gasteiger partial charge in [-0.15, -0.1) is 0 Å². The molecule has 0 bridgehead atoms. The topological polar surface area (TPSA) is 78.9 Å². The summed E-state index contributed by atoms with van der Waals surface area (Å²) in [4.78, 5) is 33.3. The van der Waals surface area contributed by atoms with E-state index in [1.54, 1.807) is 0 Å². The molecule has 0 fully saturated rings. The van der Waals surface area contributed by atoms with Gasteiger partial charge in [0.05, 0.1) is 33.7 Å².